The second kappa shape index (κ2) is 6.86. The Kier molecular flexibility index (Phi) is 4.40. The molecule has 0 saturated carbocycles. The van der Waals surface area contributed by atoms with Crippen molar-refractivity contribution < 1.29 is 14.3 Å². The molecule has 0 spiro atoms. The van der Waals surface area contributed by atoms with E-state index < -0.39 is 0 Å². The number of carbonyl (C=O) groups is 1. The Bertz CT molecular complexity index is 990. The van der Waals surface area contributed by atoms with Crippen molar-refractivity contribution in [1.82, 2.24) is 4.98 Å². The van der Waals surface area contributed by atoms with E-state index in [1.54, 1.807) is 24.3 Å². The molecule has 2 heterocycles. The number of anilines is 3. The van der Waals surface area contributed by atoms with Gasteiger partial charge in [0.25, 0.3) is 0 Å². The van der Waals surface area contributed by atoms with E-state index >= 15 is 0 Å². The molecule has 0 atom stereocenters. The fourth-order valence-electron chi connectivity index (χ4n) is 2.56. The first kappa shape index (κ1) is 16.7. The standard InChI is InChI=1S/C18H14ClN3O3S/c19-12-4-2-1-3-11(12)15(23)16-17(20)22-18(26-16)21-10-5-6-13-14(9-10)25-8-7-24-13/h1-6,9H,7-8,20H2,(H,21,22). The minimum absolute atomic E-state index is 0.167. The van der Waals surface area contributed by atoms with Gasteiger partial charge in [0.05, 0.1) is 5.02 Å². The molecule has 4 rings (SSSR count). The fourth-order valence-corrected chi connectivity index (χ4v) is 3.64. The molecule has 26 heavy (non-hydrogen) atoms. The minimum atomic E-state index is -0.249. The lowest BCUT2D eigenvalue weighted by Gasteiger charge is -2.18. The van der Waals surface area contributed by atoms with Crippen LogP contribution in [0.15, 0.2) is 42.5 Å². The molecule has 1 aromatic heterocycles. The number of nitrogens with zero attached hydrogens (tertiary/aromatic N) is 1. The summed E-state index contributed by atoms with van der Waals surface area (Å²) in [4.78, 5) is 17.3. The molecule has 0 radical (unpaired) electrons. The lowest BCUT2D eigenvalue weighted by molar-refractivity contribution is 0.104. The molecule has 0 unspecified atom stereocenters. The number of ketones is 1. The van der Waals surface area contributed by atoms with Crippen molar-refractivity contribution in [2.75, 3.05) is 24.3 Å². The zero-order valence-corrected chi connectivity index (χ0v) is 15.1. The van der Waals surface area contributed by atoms with Crippen LogP contribution in [0.3, 0.4) is 0 Å². The topological polar surface area (TPSA) is 86.5 Å². The molecule has 0 fully saturated rings. The van der Waals surface area contributed by atoms with Gasteiger partial charge in [0.1, 0.15) is 23.9 Å². The van der Waals surface area contributed by atoms with Crippen molar-refractivity contribution >= 4 is 45.4 Å². The van der Waals surface area contributed by atoms with Gasteiger partial charge < -0.3 is 20.5 Å². The largest absolute Gasteiger partial charge is 0.486 e. The number of nitrogens with one attached hydrogen (secondary N) is 1. The number of rotatable bonds is 4. The number of fused-ring (bicyclic) bond motifs is 1. The van der Waals surface area contributed by atoms with Gasteiger partial charge in [-0.25, -0.2) is 4.98 Å². The van der Waals surface area contributed by atoms with E-state index in [0.717, 1.165) is 5.69 Å². The summed E-state index contributed by atoms with van der Waals surface area (Å²) in [5.41, 5.74) is 7.11. The summed E-state index contributed by atoms with van der Waals surface area (Å²) in [5.74, 6) is 1.29. The highest BCUT2D eigenvalue weighted by Crippen LogP contribution is 2.35. The third kappa shape index (κ3) is 3.18. The van der Waals surface area contributed by atoms with Crippen LogP contribution >= 0.6 is 22.9 Å². The maximum Gasteiger partial charge on any atom is 0.208 e. The van der Waals surface area contributed by atoms with Crippen molar-refractivity contribution in [3.8, 4) is 11.5 Å². The van der Waals surface area contributed by atoms with Crippen molar-refractivity contribution in [3.63, 3.8) is 0 Å². The van der Waals surface area contributed by atoms with Gasteiger partial charge in [0, 0.05) is 17.3 Å². The minimum Gasteiger partial charge on any atom is -0.486 e. The first-order valence-electron chi connectivity index (χ1n) is 7.84. The predicted molar refractivity (Wildman–Crippen MR) is 102 cm³/mol. The average Bonchev–Trinajstić information content (AvgIpc) is 3.01. The highest BCUT2D eigenvalue weighted by Gasteiger charge is 2.20. The van der Waals surface area contributed by atoms with Crippen molar-refractivity contribution in [3.05, 3.63) is 57.9 Å². The van der Waals surface area contributed by atoms with E-state index in [1.807, 2.05) is 18.2 Å². The second-order valence-corrected chi connectivity index (χ2v) is 6.93. The lowest BCUT2D eigenvalue weighted by Crippen LogP contribution is -2.15. The van der Waals surface area contributed by atoms with Gasteiger partial charge in [-0.1, -0.05) is 35.1 Å². The predicted octanol–water partition coefficient (Wildman–Crippen LogP) is 4.12. The Labute approximate surface area is 158 Å². The van der Waals surface area contributed by atoms with E-state index in [0.29, 0.717) is 45.3 Å². The van der Waals surface area contributed by atoms with Gasteiger partial charge in [-0.15, -0.1) is 0 Å². The van der Waals surface area contributed by atoms with Crippen molar-refractivity contribution in [2.24, 2.45) is 0 Å². The van der Waals surface area contributed by atoms with Gasteiger partial charge in [0.15, 0.2) is 16.6 Å². The molecule has 3 aromatic rings. The highest BCUT2D eigenvalue weighted by atomic mass is 35.5. The normalized spacial score (nSPS) is 12.7. The third-order valence-corrected chi connectivity index (χ3v) is 5.09. The highest BCUT2D eigenvalue weighted by molar-refractivity contribution is 7.18. The molecule has 0 bridgehead atoms. The number of ether oxygens (including phenoxy) is 2. The number of thiazole rings is 1. The zero-order chi connectivity index (χ0) is 18.1. The first-order valence-corrected chi connectivity index (χ1v) is 9.03. The van der Waals surface area contributed by atoms with Gasteiger partial charge >= 0.3 is 0 Å². The van der Waals surface area contributed by atoms with Crippen LogP contribution in [0, 0.1) is 0 Å². The summed E-state index contributed by atoms with van der Waals surface area (Å²) < 4.78 is 11.1. The number of carbonyl (C=O) groups excluding carboxylic acids is 1. The molecule has 2 aromatic carbocycles. The van der Waals surface area contributed by atoms with Crippen LogP contribution in [0.5, 0.6) is 11.5 Å². The van der Waals surface area contributed by atoms with Gasteiger partial charge in [-0.3, -0.25) is 4.79 Å². The average molecular weight is 388 g/mol. The Morgan fingerprint density at radius 2 is 1.92 bits per heavy atom. The van der Waals surface area contributed by atoms with Gasteiger partial charge in [-0.05, 0) is 24.3 Å². The fraction of sp³-hybridized carbons (Fsp3) is 0.111. The van der Waals surface area contributed by atoms with Crippen LogP contribution < -0.4 is 20.5 Å². The molecule has 0 amide bonds. The van der Waals surface area contributed by atoms with E-state index in [1.165, 1.54) is 11.3 Å². The summed E-state index contributed by atoms with van der Waals surface area (Å²) in [6.07, 6.45) is 0. The van der Waals surface area contributed by atoms with E-state index in [2.05, 4.69) is 10.3 Å². The monoisotopic (exact) mass is 387 g/mol. The summed E-state index contributed by atoms with van der Waals surface area (Å²) in [7, 11) is 0. The number of nitrogen functional groups attached to an aromatic ring is 1. The first-order chi connectivity index (χ1) is 12.6. The molecule has 0 aliphatic carbocycles. The number of benzene rings is 2. The van der Waals surface area contributed by atoms with Crippen molar-refractivity contribution in [1.29, 1.82) is 0 Å². The van der Waals surface area contributed by atoms with Crippen molar-refractivity contribution in [2.45, 2.75) is 0 Å². The van der Waals surface area contributed by atoms with Gasteiger partial charge in [-0.2, -0.15) is 0 Å². The number of hydrogen-bond donors (Lipinski definition) is 2. The molecular weight excluding hydrogens is 374 g/mol. The van der Waals surface area contributed by atoms with Crippen LogP contribution in [0.1, 0.15) is 15.2 Å². The van der Waals surface area contributed by atoms with Crippen LogP contribution in [0.4, 0.5) is 16.6 Å². The van der Waals surface area contributed by atoms with Crippen LogP contribution in [0.2, 0.25) is 5.02 Å². The molecule has 132 valence electrons. The SMILES string of the molecule is Nc1nc(Nc2ccc3c(c2)OCCO3)sc1C(=O)c1ccccc1Cl. The summed E-state index contributed by atoms with van der Waals surface area (Å²) >= 11 is 7.28. The number of halogens is 1. The lowest BCUT2D eigenvalue weighted by atomic mass is 10.1. The van der Waals surface area contributed by atoms with Crippen LogP contribution in [-0.2, 0) is 0 Å². The molecule has 8 heteroatoms. The summed E-state index contributed by atoms with van der Waals surface area (Å²) in [6.45, 7) is 1.05. The molecule has 6 nitrogen and oxygen atoms in total. The van der Waals surface area contributed by atoms with Gasteiger partial charge in [0.2, 0.25) is 5.78 Å². The smallest absolute Gasteiger partial charge is 0.208 e. The van der Waals surface area contributed by atoms with Crippen LogP contribution in [0.25, 0.3) is 0 Å². The maximum atomic E-state index is 12.7. The van der Waals surface area contributed by atoms with E-state index in [9.17, 15) is 4.79 Å². The quantitative estimate of drug-likeness (QED) is 0.655. The van der Waals surface area contributed by atoms with E-state index in [4.69, 9.17) is 26.8 Å². The molecule has 3 N–H and O–H groups in total. The number of nitrogens with two attached hydrogens (primary N) is 1. The number of aromatic nitrogens is 1. The molecule has 1 aliphatic heterocycles. The van der Waals surface area contributed by atoms with Crippen LogP contribution in [-0.4, -0.2) is 24.0 Å². The maximum absolute atomic E-state index is 12.7. The Morgan fingerprint density at radius 3 is 2.73 bits per heavy atom. The zero-order valence-electron chi connectivity index (χ0n) is 13.5. The number of hydrogen-bond acceptors (Lipinski definition) is 7. The Hall–Kier alpha value is -2.77. The summed E-state index contributed by atoms with van der Waals surface area (Å²) in [6, 6.07) is 12.3. The van der Waals surface area contributed by atoms with E-state index in [-0.39, 0.29) is 11.6 Å². The molecule has 0 saturated heterocycles. The second-order valence-electron chi connectivity index (χ2n) is 5.53. The molecular formula is C18H14ClN3O3S. The summed E-state index contributed by atoms with van der Waals surface area (Å²) in [5, 5.41) is 4.03. The molecule has 1 aliphatic rings. The Balaban J connectivity index is 1.59. The Morgan fingerprint density at radius 1 is 1.15 bits per heavy atom. The third-order valence-electron chi connectivity index (χ3n) is 3.77.